The number of hydrogen-bond donors (Lipinski definition) is 0. The van der Waals surface area contributed by atoms with Crippen molar-refractivity contribution in [3.8, 4) is 5.75 Å². The summed E-state index contributed by atoms with van der Waals surface area (Å²) in [7, 11) is 1.53. The van der Waals surface area contributed by atoms with Gasteiger partial charge in [0.2, 0.25) is 0 Å². The number of halogens is 2. The molecule has 0 bridgehead atoms. The van der Waals surface area contributed by atoms with Crippen molar-refractivity contribution in [2.24, 2.45) is 4.99 Å². The van der Waals surface area contributed by atoms with E-state index in [9.17, 15) is 8.78 Å². The van der Waals surface area contributed by atoms with Crippen molar-refractivity contribution >= 4 is 11.4 Å². The predicted octanol–water partition coefficient (Wildman–Crippen LogP) is 3.92. The summed E-state index contributed by atoms with van der Waals surface area (Å²) in [5, 5.41) is 0. The molecular weight excluding hydrogens is 248 g/mol. The summed E-state index contributed by atoms with van der Waals surface area (Å²) in [6.07, 6.45) is 0. The molecule has 0 spiro atoms. The number of ether oxygens (including phenoxy) is 1. The SMILES string of the molecule is COc1ccc(C2=Nc3ccccc3C2(F)F)cc1. The minimum Gasteiger partial charge on any atom is -0.497 e. The van der Waals surface area contributed by atoms with Crippen LogP contribution in [-0.4, -0.2) is 12.8 Å². The van der Waals surface area contributed by atoms with Crippen LogP contribution in [0.15, 0.2) is 53.5 Å². The van der Waals surface area contributed by atoms with Gasteiger partial charge in [0, 0.05) is 5.56 Å². The molecule has 0 amide bonds. The zero-order valence-electron chi connectivity index (χ0n) is 10.2. The molecule has 0 aliphatic carbocycles. The molecule has 96 valence electrons. The van der Waals surface area contributed by atoms with Gasteiger partial charge in [0.15, 0.2) is 0 Å². The molecule has 0 fully saturated rings. The molecule has 2 nitrogen and oxygen atoms in total. The van der Waals surface area contributed by atoms with Crippen LogP contribution in [0.25, 0.3) is 0 Å². The first-order chi connectivity index (χ1) is 9.13. The highest BCUT2D eigenvalue weighted by Crippen LogP contribution is 2.44. The van der Waals surface area contributed by atoms with Crippen molar-refractivity contribution in [1.82, 2.24) is 0 Å². The minimum atomic E-state index is -3.05. The Bertz CT molecular complexity index is 647. The number of nitrogens with zero attached hydrogens (tertiary/aromatic N) is 1. The van der Waals surface area contributed by atoms with Crippen molar-refractivity contribution in [2.75, 3.05) is 7.11 Å². The molecule has 0 saturated heterocycles. The zero-order valence-corrected chi connectivity index (χ0v) is 10.2. The summed E-state index contributed by atoms with van der Waals surface area (Å²) < 4.78 is 33.6. The summed E-state index contributed by atoms with van der Waals surface area (Å²) in [4.78, 5) is 4.06. The first kappa shape index (κ1) is 11.8. The molecule has 0 radical (unpaired) electrons. The average molecular weight is 259 g/mol. The molecule has 19 heavy (non-hydrogen) atoms. The first-order valence-corrected chi connectivity index (χ1v) is 5.84. The lowest BCUT2D eigenvalue weighted by molar-refractivity contribution is 0.0810. The second-order valence-corrected chi connectivity index (χ2v) is 4.28. The molecular formula is C15H11F2NO. The van der Waals surface area contributed by atoms with Gasteiger partial charge in [-0.1, -0.05) is 18.2 Å². The van der Waals surface area contributed by atoms with Crippen LogP contribution < -0.4 is 4.74 Å². The molecule has 1 heterocycles. The Hall–Kier alpha value is -2.23. The molecule has 3 rings (SSSR count). The van der Waals surface area contributed by atoms with E-state index in [4.69, 9.17) is 4.74 Å². The average Bonchev–Trinajstić information content (AvgIpc) is 2.71. The lowest BCUT2D eigenvalue weighted by Crippen LogP contribution is -2.23. The molecule has 2 aromatic carbocycles. The van der Waals surface area contributed by atoms with E-state index in [0.29, 0.717) is 17.0 Å². The van der Waals surface area contributed by atoms with Crippen LogP contribution in [0, 0.1) is 0 Å². The molecule has 0 unspecified atom stereocenters. The third-order valence-corrected chi connectivity index (χ3v) is 3.14. The standard InChI is InChI=1S/C15H11F2NO/c1-19-11-8-6-10(7-9-11)14-15(16,17)12-4-2-3-5-13(12)18-14/h2-9H,1H3. The molecule has 1 aliphatic heterocycles. The summed E-state index contributed by atoms with van der Waals surface area (Å²) in [6.45, 7) is 0. The summed E-state index contributed by atoms with van der Waals surface area (Å²) in [6, 6.07) is 12.8. The maximum atomic E-state index is 14.3. The molecule has 4 heteroatoms. The van der Waals surface area contributed by atoms with Gasteiger partial charge in [0.1, 0.15) is 11.5 Å². The van der Waals surface area contributed by atoms with Gasteiger partial charge in [-0.15, -0.1) is 0 Å². The van der Waals surface area contributed by atoms with Crippen LogP contribution in [-0.2, 0) is 5.92 Å². The predicted molar refractivity (Wildman–Crippen MR) is 69.5 cm³/mol. The van der Waals surface area contributed by atoms with Gasteiger partial charge in [-0.2, -0.15) is 8.78 Å². The molecule has 1 aliphatic rings. The Morgan fingerprint density at radius 1 is 1.00 bits per heavy atom. The van der Waals surface area contributed by atoms with E-state index >= 15 is 0 Å². The van der Waals surface area contributed by atoms with Gasteiger partial charge < -0.3 is 4.74 Å². The van der Waals surface area contributed by atoms with Gasteiger partial charge in [-0.3, -0.25) is 0 Å². The fraction of sp³-hybridized carbons (Fsp3) is 0.133. The van der Waals surface area contributed by atoms with Gasteiger partial charge in [0.05, 0.1) is 18.4 Å². The number of benzene rings is 2. The van der Waals surface area contributed by atoms with Crippen LogP contribution in [0.1, 0.15) is 11.1 Å². The van der Waals surface area contributed by atoms with Crippen molar-refractivity contribution < 1.29 is 13.5 Å². The number of hydrogen-bond acceptors (Lipinski definition) is 2. The Morgan fingerprint density at radius 2 is 1.68 bits per heavy atom. The third-order valence-electron chi connectivity index (χ3n) is 3.14. The van der Waals surface area contributed by atoms with E-state index in [1.807, 2.05) is 0 Å². The normalized spacial score (nSPS) is 15.8. The highest BCUT2D eigenvalue weighted by atomic mass is 19.3. The van der Waals surface area contributed by atoms with Crippen LogP contribution in [0.2, 0.25) is 0 Å². The number of rotatable bonds is 2. The Morgan fingerprint density at radius 3 is 2.32 bits per heavy atom. The summed E-state index contributed by atoms with van der Waals surface area (Å²) in [5.74, 6) is -2.42. The highest BCUT2D eigenvalue weighted by molar-refractivity contribution is 6.10. The van der Waals surface area contributed by atoms with Crippen LogP contribution in [0.3, 0.4) is 0 Å². The summed E-state index contributed by atoms with van der Waals surface area (Å²) in [5.41, 5.74) is 0.484. The molecule has 0 atom stereocenters. The van der Waals surface area contributed by atoms with Crippen molar-refractivity contribution in [3.05, 3.63) is 59.7 Å². The number of fused-ring (bicyclic) bond motifs is 1. The topological polar surface area (TPSA) is 21.6 Å². The van der Waals surface area contributed by atoms with E-state index in [2.05, 4.69) is 4.99 Å². The van der Waals surface area contributed by atoms with Gasteiger partial charge in [0.25, 0.3) is 0 Å². The maximum Gasteiger partial charge on any atom is 0.317 e. The lowest BCUT2D eigenvalue weighted by atomic mass is 10.0. The fourth-order valence-electron chi connectivity index (χ4n) is 2.15. The van der Waals surface area contributed by atoms with Gasteiger partial charge in [-0.25, -0.2) is 4.99 Å². The van der Waals surface area contributed by atoms with Crippen LogP contribution in [0.4, 0.5) is 14.5 Å². The fourth-order valence-corrected chi connectivity index (χ4v) is 2.15. The number of methoxy groups -OCH3 is 1. The molecule has 0 saturated carbocycles. The van der Waals surface area contributed by atoms with Crippen molar-refractivity contribution in [2.45, 2.75) is 5.92 Å². The Kier molecular flexibility index (Phi) is 2.59. The van der Waals surface area contributed by atoms with Crippen molar-refractivity contribution in [1.29, 1.82) is 0 Å². The van der Waals surface area contributed by atoms with Crippen molar-refractivity contribution in [3.63, 3.8) is 0 Å². The largest absolute Gasteiger partial charge is 0.497 e. The van der Waals surface area contributed by atoms with Crippen LogP contribution >= 0.6 is 0 Å². The molecule has 0 N–H and O–H groups in total. The second-order valence-electron chi connectivity index (χ2n) is 4.28. The van der Waals surface area contributed by atoms with Gasteiger partial charge >= 0.3 is 5.92 Å². The third kappa shape index (κ3) is 1.80. The highest BCUT2D eigenvalue weighted by Gasteiger charge is 2.44. The van der Waals surface area contributed by atoms with Crippen LogP contribution in [0.5, 0.6) is 5.75 Å². The molecule has 0 aromatic heterocycles. The van der Waals surface area contributed by atoms with E-state index < -0.39 is 5.92 Å². The van der Waals surface area contributed by atoms with E-state index in [1.54, 1.807) is 42.5 Å². The first-order valence-electron chi connectivity index (χ1n) is 5.84. The summed E-state index contributed by atoms with van der Waals surface area (Å²) >= 11 is 0. The zero-order chi connectivity index (χ0) is 13.5. The Labute approximate surface area is 109 Å². The second kappa shape index (κ2) is 4.16. The quantitative estimate of drug-likeness (QED) is 0.801. The maximum absolute atomic E-state index is 14.3. The number of alkyl halides is 2. The number of aliphatic imine (C=N–C) groups is 1. The van der Waals surface area contributed by atoms with E-state index in [1.165, 1.54) is 13.2 Å². The lowest BCUT2D eigenvalue weighted by Gasteiger charge is -2.13. The Balaban J connectivity index is 2.07. The van der Waals surface area contributed by atoms with Gasteiger partial charge in [-0.05, 0) is 30.3 Å². The van der Waals surface area contributed by atoms with E-state index in [0.717, 1.165) is 0 Å². The van der Waals surface area contributed by atoms with E-state index in [-0.39, 0.29) is 11.3 Å². The number of para-hydroxylation sites is 1. The minimum absolute atomic E-state index is 0.0409. The smallest absolute Gasteiger partial charge is 0.317 e. The molecule has 2 aromatic rings. The monoisotopic (exact) mass is 259 g/mol.